The molecule has 1 aromatic rings. The molecule has 0 amide bonds. The first-order valence-corrected chi connectivity index (χ1v) is 7.23. The number of hydrogen-bond donors (Lipinski definition) is 1. The lowest BCUT2D eigenvalue weighted by molar-refractivity contribution is -0.135. The number of carbonyl (C=O) groups is 1. The van der Waals surface area contributed by atoms with Gasteiger partial charge in [0.15, 0.2) is 0 Å². The summed E-state index contributed by atoms with van der Waals surface area (Å²) in [5.41, 5.74) is 3.02. The molecule has 4 heteroatoms. The van der Waals surface area contributed by atoms with Crippen molar-refractivity contribution in [1.82, 2.24) is 5.32 Å². The number of esters is 1. The van der Waals surface area contributed by atoms with Gasteiger partial charge in [0.05, 0.1) is 6.04 Å². The predicted octanol–water partition coefficient (Wildman–Crippen LogP) is 3.28. The molecule has 2 rings (SSSR count). The Labute approximate surface area is 125 Å². The third-order valence-corrected chi connectivity index (χ3v) is 4.01. The molecule has 0 saturated carbocycles. The molecule has 0 fully saturated rings. The van der Waals surface area contributed by atoms with E-state index >= 15 is 0 Å². The quantitative estimate of drug-likeness (QED) is 0.526. The van der Waals surface area contributed by atoms with Crippen LogP contribution in [0.3, 0.4) is 0 Å². The molecule has 20 heavy (non-hydrogen) atoms. The third-order valence-electron chi connectivity index (χ3n) is 3.67. The van der Waals surface area contributed by atoms with Crippen molar-refractivity contribution >= 4 is 28.7 Å². The van der Waals surface area contributed by atoms with Gasteiger partial charge in [0.25, 0.3) is 0 Å². The smallest absolute Gasteiger partial charge is 0.307 e. The Bertz CT molecular complexity index is 565. The number of ether oxygens (including phenoxy) is 1. The molecule has 0 aliphatic carbocycles. The SMILES string of the molecule is CC[C@H](C)[C@@H]1NC(=S)c2ccccc2/C1=C/OC(C)=O. The number of thiocarbonyl (C=S) groups is 1. The van der Waals surface area contributed by atoms with Gasteiger partial charge in [-0.25, -0.2) is 0 Å². The highest BCUT2D eigenvalue weighted by atomic mass is 32.1. The van der Waals surface area contributed by atoms with Crippen LogP contribution >= 0.6 is 12.2 Å². The molecule has 0 unspecified atom stereocenters. The van der Waals surface area contributed by atoms with Crippen LogP contribution in [0.15, 0.2) is 30.5 Å². The molecular formula is C16H19NO2S. The van der Waals surface area contributed by atoms with E-state index in [-0.39, 0.29) is 12.0 Å². The van der Waals surface area contributed by atoms with Gasteiger partial charge in [-0.15, -0.1) is 0 Å². The molecule has 0 saturated heterocycles. The van der Waals surface area contributed by atoms with Crippen LogP contribution in [-0.4, -0.2) is 17.0 Å². The molecule has 3 nitrogen and oxygen atoms in total. The molecule has 1 aromatic carbocycles. The number of rotatable bonds is 3. The van der Waals surface area contributed by atoms with Crippen LogP contribution in [0.5, 0.6) is 0 Å². The lowest BCUT2D eigenvalue weighted by Gasteiger charge is -2.33. The molecule has 1 N–H and O–H groups in total. The van der Waals surface area contributed by atoms with Crippen molar-refractivity contribution in [1.29, 1.82) is 0 Å². The Kier molecular flexibility index (Phi) is 4.55. The molecule has 1 aliphatic heterocycles. The highest BCUT2D eigenvalue weighted by Crippen LogP contribution is 2.32. The summed E-state index contributed by atoms with van der Waals surface area (Å²) in [5.74, 6) is 0.0779. The fraction of sp³-hybridized carbons (Fsp3) is 0.375. The summed E-state index contributed by atoms with van der Waals surface area (Å²) in [6, 6.07) is 8.01. The first-order chi connectivity index (χ1) is 9.54. The zero-order valence-electron chi connectivity index (χ0n) is 12.0. The zero-order chi connectivity index (χ0) is 14.7. The van der Waals surface area contributed by atoms with Gasteiger partial charge in [-0.3, -0.25) is 4.79 Å². The molecule has 0 aromatic heterocycles. The van der Waals surface area contributed by atoms with Gasteiger partial charge in [-0.2, -0.15) is 0 Å². The van der Waals surface area contributed by atoms with Gasteiger partial charge in [0, 0.05) is 18.1 Å². The van der Waals surface area contributed by atoms with Gasteiger partial charge in [-0.05, 0) is 11.5 Å². The van der Waals surface area contributed by atoms with E-state index in [2.05, 4.69) is 19.2 Å². The fourth-order valence-corrected chi connectivity index (χ4v) is 2.67. The topological polar surface area (TPSA) is 38.3 Å². The Morgan fingerprint density at radius 1 is 1.45 bits per heavy atom. The van der Waals surface area contributed by atoms with Crippen LogP contribution in [0.1, 0.15) is 38.3 Å². The van der Waals surface area contributed by atoms with E-state index in [0.29, 0.717) is 5.92 Å². The van der Waals surface area contributed by atoms with E-state index in [1.165, 1.54) is 6.92 Å². The first kappa shape index (κ1) is 14.7. The summed E-state index contributed by atoms with van der Waals surface area (Å²) in [4.78, 5) is 11.9. The van der Waals surface area contributed by atoms with Crippen LogP contribution in [0.4, 0.5) is 0 Å². The van der Waals surface area contributed by atoms with E-state index in [0.717, 1.165) is 28.1 Å². The van der Waals surface area contributed by atoms with Crippen molar-refractivity contribution in [3.05, 3.63) is 41.7 Å². The van der Waals surface area contributed by atoms with Gasteiger partial charge in [0.2, 0.25) is 0 Å². The molecule has 1 aliphatic rings. The first-order valence-electron chi connectivity index (χ1n) is 6.82. The summed E-state index contributed by atoms with van der Waals surface area (Å²) in [6.07, 6.45) is 2.58. The second-order valence-electron chi connectivity index (χ2n) is 5.06. The van der Waals surface area contributed by atoms with Crippen molar-refractivity contribution < 1.29 is 9.53 Å². The normalized spacial score (nSPS) is 21.1. The van der Waals surface area contributed by atoms with Crippen molar-refractivity contribution in [3.63, 3.8) is 0 Å². The minimum absolute atomic E-state index is 0.0711. The van der Waals surface area contributed by atoms with Crippen molar-refractivity contribution in [2.75, 3.05) is 0 Å². The highest BCUT2D eigenvalue weighted by molar-refractivity contribution is 7.80. The maximum atomic E-state index is 11.1. The molecule has 0 spiro atoms. The van der Waals surface area contributed by atoms with Crippen LogP contribution < -0.4 is 5.32 Å². The maximum Gasteiger partial charge on any atom is 0.307 e. The molecular weight excluding hydrogens is 270 g/mol. The number of carbonyl (C=O) groups excluding carboxylic acids is 1. The lowest BCUT2D eigenvalue weighted by Crippen LogP contribution is -2.43. The number of benzene rings is 1. The summed E-state index contributed by atoms with van der Waals surface area (Å²) >= 11 is 5.45. The Balaban J connectivity index is 2.49. The predicted molar refractivity (Wildman–Crippen MR) is 84.3 cm³/mol. The van der Waals surface area contributed by atoms with Gasteiger partial charge in [-0.1, -0.05) is 56.8 Å². The average molecular weight is 289 g/mol. The van der Waals surface area contributed by atoms with Crippen LogP contribution in [0.25, 0.3) is 5.57 Å². The van der Waals surface area contributed by atoms with E-state index in [1.54, 1.807) is 6.26 Å². The summed E-state index contributed by atoms with van der Waals surface area (Å²) < 4.78 is 5.11. The molecule has 1 heterocycles. The Hall–Kier alpha value is -1.68. The van der Waals surface area contributed by atoms with Crippen LogP contribution in [0, 0.1) is 5.92 Å². The Morgan fingerprint density at radius 2 is 2.10 bits per heavy atom. The Morgan fingerprint density at radius 3 is 2.70 bits per heavy atom. The number of fused-ring (bicyclic) bond motifs is 1. The van der Waals surface area contributed by atoms with E-state index in [4.69, 9.17) is 17.0 Å². The van der Waals surface area contributed by atoms with Gasteiger partial charge in [0.1, 0.15) is 11.3 Å². The third kappa shape index (κ3) is 2.90. The standard InChI is InChI=1S/C16H19NO2S/c1-4-10(2)15-14(9-19-11(3)18)12-7-5-6-8-13(12)16(20)17-15/h5-10,15H,4H2,1-3H3,(H,17,20)/b14-9-/t10-,15-/m0/s1. The largest absolute Gasteiger partial charge is 0.434 e. The molecule has 2 atom stereocenters. The zero-order valence-corrected chi connectivity index (χ0v) is 12.8. The minimum Gasteiger partial charge on any atom is -0.434 e. The highest BCUT2D eigenvalue weighted by Gasteiger charge is 2.30. The lowest BCUT2D eigenvalue weighted by atomic mass is 9.84. The van der Waals surface area contributed by atoms with Crippen molar-refractivity contribution in [3.8, 4) is 0 Å². The second-order valence-corrected chi connectivity index (χ2v) is 5.47. The number of nitrogens with one attached hydrogen (secondary N) is 1. The average Bonchev–Trinajstić information content (AvgIpc) is 2.45. The summed E-state index contributed by atoms with van der Waals surface area (Å²) in [5, 5.41) is 3.37. The maximum absolute atomic E-state index is 11.1. The summed E-state index contributed by atoms with van der Waals surface area (Å²) in [6.45, 7) is 5.71. The fourth-order valence-electron chi connectivity index (χ4n) is 2.36. The van der Waals surface area contributed by atoms with E-state index < -0.39 is 0 Å². The van der Waals surface area contributed by atoms with Gasteiger partial charge < -0.3 is 10.1 Å². The van der Waals surface area contributed by atoms with Crippen molar-refractivity contribution in [2.24, 2.45) is 5.92 Å². The van der Waals surface area contributed by atoms with E-state index in [1.807, 2.05) is 24.3 Å². The van der Waals surface area contributed by atoms with E-state index in [9.17, 15) is 4.79 Å². The van der Waals surface area contributed by atoms with Crippen LogP contribution in [-0.2, 0) is 9.53 Å². The van der Waals surface area contributed by atoms with Gasteiger partial charge >= 0.3 is 5.97 Å². The second kappa shape index (κ2) is 6.18. The molecule has 106 valence electrons. The molecule has 0 radical (unpaired) electrons. The van der Waals surface area contributed by atoms with Crippen molar-refractivity contribution in [2.45, 2.75) is 33.2 Å². The molecule has 0 bridgehead atoms. The van der Waals surface area contributed by atoms with Crippen LogP contribution in [0.2, 0.25) is 0 Å². The number of hydrogen-bond acceptors (Lipinski definition) is 3. The summed E-state index contributed by atoms with van der Waals surface area (Å²) in [7, 11) is 0. The monoisotopic (exact) mass is 289 g/mol. The minimum atomic E-state index is -0.314.